The molecule has 0 spiro atoms. The second-order valence-electron chi connectivity index (χ2n) is 6.55. The average molecular weight is 381 g/mol. The molecule has 2 rings (SSSR count). The molecule has 1 aromatic carbocycles. The normalized spacial score (nSPS) is 15.6. The average Bonchev–Trinajstić information content (AvgIpc) is 3.04. The van der Waals surface area contributed by atoms with Gasteiger partial charge in [0.05, 0.1) is 13.7 Å². The van der Waals surface area contributed by atoms with Crippen molar-refractivity contribution in [2.45, 2.75) is 26.9 Å². The summed E-state index contributed by atoms with van der Waals surface area (Å²) in [5, 5.41) is 7.25. The standard InChI is InChI=1S/C13H16N2O3S.C6H12O/c1-17-10-5-3-9(4-6-10)8-18-12(14)7-11(16)13(15)19-2;1-6(2)3-4-7-5-6/h3-7,15H,8,14H2,1-2H3;3-5H2,1-2H3/b12-7+,15-13?;. The van der Waals surface area contributed by atoms with Crippen molar-refractivity contribution >= 4 is 22.6 Å². The zero-order valence-electron chi connectivity index (χ0n) is 15.8. The summed E-state index contributed by atoms with van der Waals surface area (Å²) in [6, 6.07) is 7.32. The molecule has 1 aliphatic heterocycles. The summed E-state index contributed by atoms with van der Waals surface area (Å²) in [6.07, 6.45) is 4.00. The van der Waals surface area contributed by atoms with Crippen molar-refractivity contribution in [1.82, 2.24) is 0 Å². The molecule has 1 aromatic rings. The first-order valence-corrected chi connectivity index (χ1v) is 9.47. The maximum Gasteiger partial charge on any atom is 0.215 e. The Labute approximate surface area is 159 Å². The molecule has 144 valence electrons. The van der Waals surface area contributed by atoms with Crippen molar-refractivity contribution in [1.29, 1.82) is 5.41 Å². The van der Waals surface area contributed by atoms with E-state index in [0.29, 0.717) is 5.41 Å². The van der Waals surface area contributed by atoms with Crippen LogP contribution in [0, 0.1) is 10.8 Å². The topological polar surface area (TPSA) is 94.6 Å². The molecule has 0 aliphatic carbocycles. The SMILES string of the molecule is CC1(C)CCOC1.COc1ccc(CO/C(N)=C/C(=O)C(=N)SC)cc1. The minimum absolute atomic E-state index is 0.000354. The highest BCUT2D eigenvalue weighted by Gasteiger charge is 2.22. The summed E-state index contributed by atoms with van der Waals surface area (Å²) in [5.41, 5.74) is 6.94. The number of nitrogens with one attached hydrogen (secondary N) is 1. The smallest absolute Gasteiger partial charge is 0.215 e. The van der Waals surface area contributed by atoms with Crippen molar-refractivity contribution in [2.24, 2.45) is 11.1 Å². The monoisotopic (exact) mass is 380 g/mol. The largest absolute Gasteiger partial charge is 0.497 e. The van der Waals surface area contributed by atoms with Crippen molar-refractivity contribution in [3.05, 3.63) is 41.8 Å². The summed E-state index contributed by atoms with van der Waals surface area (Å²) >= 11 is 1.06. The summed E-state index contributed by atoms with van der Waals surface area (Å²) in [6.45, 7) is 6.65. The van der Waals surface area contributed by atoms with Crippen molar-refractivity contribution in [3.8, 4) is 5.75 Å². The number of ketones is 1. The van der Waals surface area contributed by atoms with E-state index in [1.54, 1.807) is 13.4 Å². The molecule has 0 unspecified atom stereocenters. The molecule has 26 heavy (non-hydrogen) atoms. The van der Waals surface area contributed by atoms with Gasteiger partial charge in [0.15, 0.2) is 5.88 Å². The van der Waals surface area contributed by atoms with E-state index in [0.717, 1.165) is 42.4 Å². The van der Waals surface area contributed by atoms with E-state index in [9.17, 15) is 4.79 Å². The van der Waals surface area contributed by atoms with Gasteiger partial charge >= 0.3 is 0 Å². The summed E-state index contributed by atoms with van der Waals surface area (Å²) in [7, 11) is 1.60. The predicted octanol–water partition coefficient (Wildman–Crippen LogP) is 3.35. The van der Waals surface area contributed by atoms with E-state index in [1.165, 1.54) is 6.42 Å². The second-order valence-corrected chi connectivity index (χ2v) is 7.36. The number of thioether (sulfide) groups is 1. The lowest BCUT2D eigenvalue weighted by molar-refractivity contribution is -0.108. The van der Waals surface area contributed by atoms with E-state index in [2.05, 4.69) is 13.8 Å². The van der Waals surface area contributed by atoms with Crippen LogP contribution in [0.15, 0.2) is 36.2 Å². The third-order valence-corrected chi connectivity index (χ3v) is 4.29. The van der Waals surface area contributed by atoms with Gasteiger partial charge in [-0.25, -0.2) is 0 Å². The third-order valence-electron chi connectivity index (χ3n) is 3.68. The highest BCUT2D eigenvalue weighted by Crippen LogP contribution is 2.25. The second kappa shape index (κ2) is 10.9. The van der Waals surface area contributed by atoms with Gasteiger partial charge in [-0.2, -0.15) is 0 Å². The van der Waals surface area contributed by atoms with Crippen LogP contribution in [0.4, 0.5) is 0 Å². The first-order chi connectivity index (χ1) is 12.3. The Kier molecular flexibility index (Phi) is 9.23. The Balaban J connectivity index is 0.000000401. The highest BCUT2D eigenvalue weighted by molar-refractivity contribution is 8.15. The number of rotatable bonds is 6. The number of benzene rings is 1. The van der Waals surface area contributed by atoms with Gasteiger partial charge in [0, 0.05) is 12.7 Å². The number of nitrogens with two attached hydrogens (primary N) is 1. The van der Waals surface area contributed by atoms with Gasteiger partial charge < -0.3 is 19.9 Å². The molecule has 0 amide bonds. The van der Waals surface area contributed by atoms with Crippen LogP contribution in [0.2, 0.25) is 0 Å². The minimum Gasteiger partial charge on any atom is -0.497 e. The zero-order chi connectivity index (χ0) is 19.6. The fraction of sp³-hybridized carbons (Fsp3) is 0.474. The van der Waals surface area contributed by atoms with Crippen LogP contribution in [0.5, 0.6) is 5.75 Å². The number of hydrogen-bond acceptors (Lipinski definition) is 7. The van der Waals surface area contributed by atoms with Gasteiger partial charge in [0.1, 0.15) is 17.4 Å². The molecular formula is C19H28N2O4S. The van der Waals surface area contributed by atoms with Crippen LogP contribution >= 0.6 is 11.8 Å². The molecule has 0 bridgehead atoms. The van der Waals surface area contributed by atoms with Crippen LogP contribution in [0.25, 0.3) is 0 Å². The van der Waals surface area contributed by atoms with E-state index in [1.807, 2.05) is 24.3 Å². The highest BCUT2D eigenvalue weighted by atomic mass is 32.2. The molecule has 3 N–H and O–H groups in total. The predicted molar refractivity (Wildman–Crippen MR) is 106 cm³/mol. The van der Waals surface area contributed by atoms with E-state index in [4.69, 9.17) is 25.4 Å². The lowest BCUT2D eigenvalue weighted by Crippen LogP contribution is -2.11. The number of ether oxygens (including phenoxy) is 3. The fourth-order valence-electron chi connectivity index (χ4n) is 1.99. The van der Waals surface area contributed by atoms with Crippen LogP contribution in [-0.4, -0.2) is 37.4 Å². The summed E-state index contributed by atoms with van der Waals surface area (Å²) in [5.74, 6) is 0.301. The number of methoxy groups -OCH3 is 1. The molecule has 6 nitrogen and oxygen atoms in total. The number of carbonyl (C=O) groups excluding carboxylic acids is 1. The number of carbonyl (C=O) groups is 1. The van der Waals surface area contributed by atoms with Gasteiger partial charge in [-0.3, -0.25) is 10.2 Å². The van der Waals surface area contributed by atoms with E-state index >= 15 is 0 Å². The first-order valence-electron chi connectivity index (χ1n) is 8.25. The number of hydrogen-bond donors (Lipinski definition) is 2. The molecule has 1 saturated heterocycles. The maximum atomic E-state index is 11.4. The Morgan fingerprint density at radius 3 is 2.46 bits per heavy atom. The Morgan fingerprint density at radius 2 is 2.04 bits per heavy atom. The molecule has 1 heterocycles. The summed E-state index contributed by atoms with van der Waals surface area (Å²) in [4.78, 5) is 11.4. The van der Waals surface area contributed by atoms with Crippen molar-refractivity contribution in [2.75, 3.05) is 26.6 Å². The van der Waals surface area contributed by atoms with Crippen molar-refractivity contribution in [3.63, 3.8) is 0 Å². The van der Waals surface area contributed by atoms with E-state index < -0.39 is 5.78 Å². The summed E-state index contributed by atoms with van der Waals surface area (Å²) < 4.78 is 15.4. The Hall–Kier alpha value is -1.99. The molecule has 0 aromatic heterocycles. The van der Waals surface area contributed by atoms with Gasteiger partial charge in [-0.05, 0) is 35.8 Å². The molecule has 0 atom stereocenters. The molecule has 0 saturated carbocycles. The quantitative estimate of drug-likeness (QED) is 0.340. The molecule has 1 aliphatic rings. The van der Waals surface area contributed by atoms with Gasteiger partial charge in [-0.15, -0.1) is 11.8 Å². The molecule has 0 radical (unpaired) electrons. The Morgan fingerprint density at radius 1 is 1.38 bits per heavy atom. The van der Waals surface area contributed by atoms with Gasteiger partial charge in [0.2, 0.25) is 5.78 Å². The third kappa shape index (κ3) is 8.40. The lowest BCUT2D eigenvalue weighted by atomic mass is 9.94. The maximum absolute atomic E-state index is 11.4. The minimum atomic E-state index is -0.459. The van der Waals surface area contributed by atoms with Crippen LogP contribution in [0.3, 0.4) is 0 Å². The zero-order valence-corrected chi connectivity index (χ0v) is 16.7. The fourth-order valence-corrected chi connectivity index (χ4v) is 2.25. The van der Waals surface area contributed by atoms with Gasteiger partial charge in [-0.1, -0.05) is 26.0 Å². The molecule has 7 heteroatoms. The molecule has 1 fully saturated rings. The van der Waals surface area contributed by atoms with Crippen molar-refractivity contribution < 1.29 is 19.0 Å². The first kappa shape index (κ1) is 22.1. The molecular weight excluding hydrogens is 352 g/mol. The van der Waals surface area contributed by atoms with Crippen LogP contribution in [0.1, 0.15) is 25.8 Å². The van der Waals surface area contributed by atoms with Crippen LogP contribution in [-0.2, 0) is 20.9 Å². The number of allylic oxidation sites excluding steroid dienone is 1. The lowest BCUT2D eigenvalue weighted by Gasteiger charge is -2.11. The van der Waals surface area contributed by atoms with Crippen LogP contribution < -0.4 is 10.5 Å². The Bertz CT molecular complexity index is 619. The van der Waals surface area contributed by atoms with Gasteiger partial charge in [0.25, 0.3) is 0 Å². The van der Waals surface area contributed by atoms with E-state index in [-0.39, 0.29) is 17.5 Å².